The molecule has 0 amide bonds. The SMILES string of the molecule is CC1(C)Oc2ccc3ccc(=O)oc3c2[C@H](N=[N+]=[N-])[C@H]1O. The van der Waals surface area contributed by atoms with Crippen LogP contribution in [0.15, 0.2) is 38.6 Å². The van der Waals surface area contributed by atoms with Gasteiger partial charge in [-0.3, -0.25) is 0 Å². The van der Waals surface area contributed by atoms with Gasteiger partial charge in [0.1, 0.15) is 23.0 Å². The highest BCUT2D eigenvalue weighted by molar-refractivity contribution is 5.83. The van der Waals surface area contributed by atoms with Gasteiger partial charge in [-0.05, 0) is 37.6 Å². The molecule has 1 aromatic carbocycles. The van der Waals surface area contributed by atoms with E-state index >= 15 is 0 Å². The molecule has 0 radical (unpaired) electrons. The number of hydrogen-bond donors (Lipinski definition) is 1. The Morgan fingerprint density at radius 2 is 2.05 bits per heavy atom. The van der Waals surface area contributed by atoms with Crippen molar-refractivity contribution in [3.63, 3.8) is 0 Å². The van der Waals surface area contributed by atoms with Crippen LogP contribution in [0.4, 0.5) is 0 Å². The molecule has 7 heteroatoms. The third-order valence-corrected chi connectivity index (χ3v) is 3.64. The average molecular weight is 287 g/mol. The molecule has 1 N–H and O–H groups in total. The summed E-state index contributed by atoms with van der Waals surface area (Å²) >= 11 is 0. The lowest BCUT2D eigenvalue weighted by atomic mass is 9.86. The first-order valence-electron chi connectivity index (χ1n) is 6.42. The zero-order valence-electron chi connectivity index (χ0n) is 11.5. The van der Waals surface area contributed by atoms with E-state index in [-0.39, 0.29) is 5.58 Å². The maximum atomic E-state index is 11.5. The van der Waals surface area contributed by atoms with Crippen LogP contribution in [0.2, 0.25) is 0 Å². The van der Waals surface area contributed by atoms with Crippen LogP contribution in [0, 0.1) is 0 Å². The van der Waals surface area contributed by atoms with Gasteiger partial charge in [0.2, 0.25) is 0 Å². The lowest BCUT2D eigenvalue weighted by molar-refractivity contribution is -0.0567. The van der Waals surface area contributed by atoms with Gasteiger partial charge in [-0.2, -0.15) is 0 Å². The topological polar surface area (TPSA) is 108 Å². The van der Waals surface area contributed by atoms with E-state index in [1.165, 1.54) is 6.07 Å². The molecule has 21 heavy (non-hydrogen) atoms. The van der Waals surface area contributed by atoms with Crippen LogP contribution in [0.1, 0.15) is 25.5 Å². The van der Waals surface area contributed by atoms with Crippen LogP contribution in [-0.4, -0.2) is 16.8 Å². The molecule has 108 valence electrons. The van der Waals surface area contributed by atoms with Crippen molar-refractivity contribution in [2.24, 2.45) is 5.11 Å². The summed E-state index contributed by atoms with van der Waals surface area (Å²) < 4.78 is 11.0. The van der Waals surface area contributed by atoms with E-state index in [1.807, 2.05) is 0 Å². The number of azide groups is 1. The normalized spacial score (nSPS) is 23.0. The van der Waals surface area contributed by atoms with Crippen LogP contribution < -0.4 is 10.4 Å². The van der Waals surface area contributed by atoms with Crippen molar-refractivity contribution in [3.05, 3.63) is 50.7 Å². The van der Waals surface area contributed by atoms with Crippen molar-refractivity contribution in [1.29, 1.82) is 0 Å². The Kier molecular flexibility index (Phi) is 2.90. The van der Waals surface area contributed by atoms with Crippen LogP contribution in [-0.2, 0) is 0 Å². The fourth-order valence-electron chi connectivity index (χ4n) is 2.56. The predicted octanol–water partition coefficient (Wildman–Crippen LogP) is 2.68. The van der Waals surface area contributed by atoms with Gasteiger partial charge in [0, 0.05) is 21.9 Å². The Morgan fingerprint density at radius 1 is 1.33 bits per heavy atom. The molecule has 2 heterocycles. The van der Waals surface area contributed by atoms with E-state index in [0.717, 1.165) is 0 Å². The molecule has 0 saturated heterocycles. The predicted molar refractivity (Wildman–Crippen MR) is 75.1 cm³/mol. The number of ether oxygens (including phenoxy) is 1. The van der Waals surface area contributed by atoms with E-state index in [2.05, 4.69) is 10.0 Å². The van der Waals surface area contributed by atoms with Gasteiger partial charge in [0.15, 0.2) is 0 Å². The quantitative estimate of drug-likeness (QED) is 0.376. The Bertz CT molecular complexity index is 821. The molecule has 1 aliphatic rings. The molecule has 0 fully saturated rings. The number of rotatable bonds is 1. The summed E-state index contributed by atoms with van der Waals surface area (Å²) in [4.78, 5) is 14.3. The Labute approximate surface area is 119 Å². The Hall–Kier alpha value is -2.50. The van der Waals surface area contributed by atoms with Crippen LogP contribution in [0.25, 0.3) is 21.4 Å². The fourth-order valence-corrected chi connectivity index (χ4v) is 2.56. The van der Waals surface area contributed by atoms with Crippen LogP contribution >= 0.6 is 0 Å². The molecule has 3 rings (SSSR count). The van der Waals surface area contributed by atoms with Crippen molar-refractivity contribution in [3.8, 4) is 5.75 Å². The van der Waals surface area contributed by atoms with E-state index in [9.17, 15) is 9.90 Å². The molecule has 2 aromatic rings. The number of benzene rings is 1. The summed E-state index contributed by atoms with van der Waals surface area (Å²) in [7, 11) is 0. The molecule has 0 bridgehead atoms. The minimum Gasteiger partial charge on any atom is -0.485 e. The fraction of sp³-hybridized carbons (Fsp3) is 0.357. The second kappa shape index (κ2) is 4.51. The number of nitrogens with zero attached hydrogens (tertiary/aromatic N) is 3. The van der Waals surface area contributed by atoms with Gasteiger partial charge in [-0.1, -0.05) is 5.11 Å². The standard InChI is InChI=1S/C14H13N3O4/c1-14(2)13(19)11(16-17-15)10-8(21-14)5-3-7-4-6-9(18)20-12(7)10/h3-6,11,13,19H,1-2H3/t11-,13+/m0/s1. The maximum absolute atomic E-state index is 11.5. The summed E-state index contributed by atoms with van der Waals surface area (Å²) in [6.07, 6.45) is -1.06. The van der Waals surface area contributed by atoms with Gasteiger partial charge >= 0.3 is 5.63 Å². The molecule has 0 unspecified atom stereocenters. The summed E-state index contributed by atoms with van der Waals surface area (Å²) in [6, 6.07) is 5.49. The molecule has 0 aliphatic carbocycles. The second-order valence-corrected chi connectivity index (χ2v) is 5.45. The van der Waals surface area contributed by atoms with E-state index in [0.29, 0.717) is 16.7 Å². The highest BCUT2D eigenvalue weighted by Gasteiger charge is 2.44. The van der Waals surface area contributed by atoms with Gasteiger partial charge in [-0.15, -0.1) is 0 Å². The lowest BCUT2D eigenvalue weighted by Crippen LogP contribution is -2.48. The summed E-state index contributed by atoms with van der Waals surface area (Å²) in [5.41, 5.74) is 8.00. The third kappa shape index (κ3) is 2.03. The van der Waals surface area contributed by atoms with E-state index in [1.54, 1.807) is 32.0 Å². The first-order chi connectivity index (χ1) is 9.94. The number of aliphatic hydroxyl groups is 1. The highest BCUT2D eigenvalue weighted by atomic mass is 16.5. The first kappa shape index (κ1) is 13.5. The largest absolute Gasteiger partial charge is 0.485 e. The Morgan fingerprint density at radius 3 is 2.76 bits per heavy atom. The highest BCUT2D eigenvalue weighted by Crippen LogP contribution is 2.44. The van der Waals surface area contributed by atoms with Gasteiger partial charge in [0.05, 0.1) is 6.04 Å². The van der Waals surface area contributed by atoms with Gasteiger partial charge in [0.25, 0.3) is 0 Å². The molecular weight excluding hydrogens is 274 g/mol. The second-order valence-electron chi connectivity index (χ2n) is 5.45. The van der Waals surface area contributed by atoms with Crippen LogP contribution in [0.3, 0.4) is 0 Å². The van der Waals surface area contributed by atoms with Gasteiger partial charge in [-0.25, -0.2) is 4.79 Å². The molecule has 2 atom stereocenters. The van der Waals surface area contributed by atoms with E-state index < -0.39 is 23.4 Å². The smallest absolute Gasteiger partial charge is 0.336 e. The lowest BCUT2D eigenvalue weighted by Gasteiger charge is -2.40. The minimum absolute atomic E-state index is 0.270. The molecule has 0 saturated carbocycles. The number of hydrogen-bond acceptors (Lipinski definition) is 5. The van der Waals surface area contributed by atoms with Crippen molar-refractivity contribution < 1.29 is 14.3 Å². The monoisotopic (exact) mass is 287 g/mol. The van der Waals surface area contributed by atoms with Crippen molar-refractivity contribution in [1.82, 2.24) is 0 Å². The number of fused-ring (bicyclic) bond motifs is 3. The van der Waals surface area contributed by atoms with Crippen molar-refractivity contribution in [2.45, 2.75) is 31.6 Å². The molecule has 7 nitrogen and oxygen atoms in total. The summed E-state index contributed by atoms with van der Waals surface area (Å²) in [5, 5.41) is 14.7. The minimum atomic E-state index is -1.06. The molecule has 1 aromatic heterocycles. The van der Waals surface area contributed by atoms with Gasteiger partial charge < -0.3 is 14.3 Å². The van der Waals surface area contributed by atoms with Crippen molar-refractivity contribution >= 4 is 11.0 Å². The van der Waals surface area contributed by atoms with Crippen LogP contribution in [0.5, 0.6) is 5.75 Å². The summed E-state index contributed by atoms with van der Waals surface area (Å²) in [5.74, 6) is 0.435. The average Bonchev–Trinajstić information content (AvgIpc) is 2.43. The van der Waals surface area contributed by atoms with Crippen molar-refractivity contribution in [2.75, 3.05) is 0 Å². The number of aliphatic hydroxyl groups excluding tert-OH is 1. The molecule has 1 aliphatic heterocycles. The zero-order valence-corrected chi connectivity index (χ0v) is 11.5. The zero-order chi connectivity index (χ0) is 15.2. The Balaban J connectivity index is 2.38. The molecular formula is C14H13N3O4. The molecule has 0 spiro atoms. The maximum Gasteiger partial charge on any atom is 0.336 e. The van der Waals surface area contributed by atoms with E-state index in [4.69, 9.17) is 14.7 Å². The summed E-state index contributed by atoms with van der Waals surface area (Å²) in [6.45, 7) is 3.40. The third-order valence-electron chi connectivity index (χ3n) is 3.64. The first-order valence-corrected chi connectivity index (χ1v) is 6.42.